The predicted molar refractivity (Wildman–Crippen MR) is 107 cm³/mol. The molecule has 0 saturated carbocycles. The number of rotatable bonds is 5. The maximum atomic E-state index is 14.5. The molecule has 1 fully saturated rings. The van der Waals surface area contributed by atoms with E-state index in [2.05, 4.69) is 5.32 Å². The second-order valence-electron chi connectivity index (χ2n) is 6.28. The number of sulfonamides is 1. The van der Waals surface area contributed by atoms with Crippen LogP contribution in [-0.2, 0) is 10.0 Å². The number of hydrogen-bond donors (Lipinski definition) is 1. The van der Waals surface area contributed by atoms with Crippen molar-refractivity contribution in [1.82, 2.24) is 9.62 Å². The minimum Gasteiger partial charge on any atom is -0.496 e. The first kappa shape index (κ1) is 22.4. The smallest absolute Gasteiger partial charge is 0.244 e. The Balaban J connectivity index is 0.00000280. The lowest BCUT2D eigenvalue weighted by Crippen LogP contribution is -2.48. The second kappa shape index (κ2) is 9.09. The summed E-state index contributed by atoms with van der Waals surface area (Å²) >= 11 is 0. The zero-order valence-corrected chi connectivity index (χ0v) is 17.6. The summed E-state index contributed by atoms with van der Waals surface area (Å²) in [6.45, 7) is 2.68. The fraction of sp³-hybridized carbons (Fsp3) is 0.368. The van der Waals surface area contributed by atoms with Crippen molar-refractivity contribution < 1.29 is 22.3 Å². The molecule has 154 valence electrons. The molecular formula is C19H24ClFN2O4S. The zero-order valence-electron chi connectivity index (χ0n) is 15.9. The van der Waals surface area contributed by atoms with Crippen LogP contribution in [0.25, 0.3) is 0 Å². The number of ether oxygens (including phenoxy) is 2. The number of halogens is 2. The van der Waals surface area contributed by atoms with Crippen LogP contribution in [0.2, 0.25) is 0 Å². The van der Waals surface area contributed by atoms with E-state index in [0.717, 1.165) is 5.56 Å². The van der Waals surface area contributed by atoms with E-state index in [1.54, 1.807) is 13.2 Å². The van der Waals surface area contributed by atoms with Crippen LogP contribution in [0.1, 0.15) is 17.2 Å². The van der Waals surface area contributed by atoms with Crippen LogP contribution in [0, 0.1) is 12.7 Å². The molecule has 2 aromatic rings. The van der Waals surface area contributed by atoms with Gasteiger partial charge in [-0.05, 0) is 25.1 Å². The predicted octanol–water partition coefficient (Wildman–Crippen LogP) is 2.91. The van der Waals surface area contributed by atoms with Gasteiger partial charge < -0.3 is 14.8 Å². The lowest BCUT2D eigenvalue weighted by Gasteiger charge is -2.36. The highest BCUT2D eigenvalue weighted by Crippen LogP contribution is 2.36. The quantitative estimate of drug-likeness (QED) is 0.790. The number of benzene rings is 2. The third-order valence-corrected chi connectivity index (χ3v) is 6.85. The van der Waals surface area contributed by atoms with E-state index in [9.17, 15) is 12.8 Å². The van der Waals surface area contributed by atoms with E-state index in [0.29, 0.717) is 18.8 Å². The Hall–Kier alpha value is -1.87. The van der Waals surface area contributed by atoms with Crippen molar-refractivity contribution in [1.29, 1.82) is 0 Å². The van der Waals surface area contributed by atoms with Crippen molar-refractivity contribution in [3.63, 3.8) is 0 Å². The van der Waals surface area contributed by atoms with Crippen LogP contribution in [0.4, 0.5) is 4.39 Å². The summed E-state index contributed by atoms with van der Waals surface area (Å²) in [5.74, 6) is -0.0281. The monoisotopic (exact) mass is 430 g/mol. The van der Waals surface area contributed by atoms with E-state index in [1.807, 2.05) is 18.2 Å². The van der Waals surface area contributed by atoms with E-state index >= 15 is 0 Å². The summed E-state index contributed by atoms with van der Waals surface area (Å²) < 4.78 is 53.0. The van der Waals surface area contributed by atoms with Crippen molar-refractivity contribution in [2.75, 3.05) is 33.9 Å². The Morgan fingerprint density at radius 1 is 1.11 bits per heavy atom. The molecule has 28 heavy (non-hydrogen) atoms. The third-order valence-electron chi connectivity index (χ3n) is 4.80. The second-order valence-corrected chi connectivity index (χ2v) is 8.14. The summed E-state index contributed by atoms with van der Waals surface area (Å²) in [5, 5.41) is 3.23. The largest absolute Gasteiger partial charge is 0.496 e. The summed E-state index contributed by atoms with van der Waals surface area (Å²) in [4.78, 5) is -0.0532. The lowest BCUT2D eigenvalue weighted by atomic mass is 10.0. The van der Waals surface area contributed by atoms with Crippen molar-refractivity contribution in [3.8, 4) is 11.5 Å². The molecule has 1 N–H and O–H groups in total. The molecule has 1 heterocycles. The molecule has 0 radical (unpaired) electrons. The molecule has 1 atom stereocenters. The Bertz CT molecular complexity index is 940. The maximum absolute atomic E-state index is 14.5. The minimum atomic E-state index is -3.92. The fourth-order valence-electron chi connectivity index (χ4n) is 3.39. The fourth-order valence-corrected chi connectivity index (χ4v) is 5.21. The Kier molecular flexibility index (Phi) is 7.28. The molecule has 1 aliphatic rings. The van der Waals surface area contributed by atoms with E-state index < -0.39 is 21.9 Å². The molecule has 2 aromatic carbocycles. The lowest BCUT2D eigenvalue weighted by molar-refractivity contribution is 0.264. The number of hydrogen-bond acceptors (Lipinski definition) is 5. The first-order valence-electron chi connectivity index (χ1n) is 8.60. The van der Waals surface area contributed by atoms with Crippen LogP contribution in [0.15, 0.2) is 41.3 Å². The molecule has 3 rings (SSSR count). The molecule has 1 unspecified atom stereocenters. The molecule has 0 bridgehead atoms. The van der Waals surface area contributed by atoms with E-state index in [1.165, 1.54) is 30.5 Å². The first-order chi connectivity index (χ1) is 12.9. The molecule has 0 aromatic heterocycles. The van der Waals surface area contributed by atoms with Crippen LogP contribution in [0.5, 0.6) is 11.5 Å². The topological polar surface area (TPSA) is 67.9 Å². The molecule has 0 aliphatic carbocycles. The van der Waals surface area contributed by atoms with Crippen LogP contribution >= 0.6 is 12.4 Å². The number of nitrogens with one attached hydrogen (secondary N) is 1. The van der Waals surface area contributed by atoms with Crippen molar-refractivity contribution in [2.45, 2.75) is 17.9 Å². The molecule has 1 saturated heterocycles. The van der Waals surface area contributed by atoms with Crippen molar-refractivity contribution in [3.05, 3.63) is 53.3 Å². The highest BCUT2D eigenvalue weighted by Gasteiger charge is 2.37. The van der Waals surface area contributed by atoms with Crippen LogP contribution in [0.3, 0.4) is 0 Å². The van der Waals surface area contributed by atoms with Gasteiger partial charge in [-0.2, -0.15) is 4.31 Å². The summed E-state index contributed by atoms with van der Waals surface area (Å²) in [6.07, 6.45) is 0. The number of methoxy groups -OCH3 is 2. The zero-order chi connectivity index (χ0) is 19.6. The van der Waals surface area contributed by atoms with Crippen molar-refractivity contribution >= 4 is 22.4 Å². The van der Waals surface area contributed by atoms with Gasteiger partial charge in [-0.3, -0.25) is 0 Å². The van der Waals surface area contributed by atoms with Crippen molar-refractivity contribution in [2.24, 2.45) is 0 Å². The van der Waals surface area contributed by atoms with Crippen LogP contribution in [-0.4, -0.2) is 46.6 Å². The van der Waals surface area contributed by atoms with Gasteiger partial charge in [0.05, 0.1) is 25.2 Å². The normalized spacial score (nSPS) is 17.6. The number of piperazine rings is 1. The van der Waals surface area contributed by atoms with Crippen LogP contribution < -0.4 is 14.8 Å². The van der Waals surface area contributed by atoms with E-state index in [4.69, 9.17) is 9.47 Å². The molecule has 1 aliphatic heterocycles. The van der Waals surface area contributed by atoms with Gasteiger partial charge in [-0.15, -0.1) is 12.4 Å². The summed E-state index contributed by atoms with van der Waals surface area (Å²) in [6, 6.07) is 9.61. The Labute approximate surface area is 171 Å². The molecule has 9 heteroatoms. The summed E-state index contributed by atoms with van der Waals surface area (Å²) in [5.41, 5.74) is 0.814. The van der Waals surface area contributed by atoms with E-state index in [-0.39, 0.29) is 35.2 Å². The van der Waals surface area contributed by atoms with Gasteiger partial charge in [0.25, 0.3) is 0 Å². The van der Waals surface area contributed by atoms with Gasteiger partial charge in [-0.25, -0.2) is 12.8 Å². The highest BCUT2D eigenvalue weighted by atomic mass is 35.5. The van der Waals surface area contributed by atoms with Gasteiger partial charge in [0.1, 0.15) is 5.75 Å². The van der Waals surface area contributed by atoms with Gasteiger partial charge in [0.2, 0.25) is 10.0 Å². The van der Waals surface area contributed by atoms with Gasteiger partial charge in [0.15, 0.2) is 11.6 Å². The molecule has 0 spiro atoms. The average molecular weight is 431 g/mol. The SMILES string of the molecule is COc1ccccc1C1CNCCN1S(=O)(=O)c1ccc(OC)c(F)c1C.Cl. The minimum absolute atomic E-state index is 0. The molecule has 6 nitrogen and oxygen atoms in total. The third kappa shape index (κ3) is 3.96. The average Bonchev–Trinajstić information content (AvgIpc) is 2.69. The molecular weight excluding hydrogens is 407 g/mol. The van der Waals surface area contributed by atoms with Gasteiger partial charge >= 0.3 is 0 Å². The standard InChI is InChI=1S/C19H23FN2O4S.ClH/c1-13-18(9-8-17(26-3)19(13)20)27(23,24)22-11-10-21-12-15(22)14-6-4-5-7-16(14)25-2;/h4-9,15,21H,10-12H2,1-3H3;1H. The molecule has 0 amide bonds. The first-order valence-corrected chi connectivity index (χ1v) is 10.0. The summed E-state index contributed by atoms with van der Waals surface area (Å²) in [7, 11) is -1.02. The Morgan fingerprint density at radius 2 is 1.79 bits per heavy atom. The number of nitrogens with zero attached hydrogens (tertiary/aromatic N) is 1. The Morgan fingerprint density at radius 3 is 2.46 bits per heavy atom. The maximum Gasteiger partial charge on any atom is 0.244 e. The van der Waals surface area contributed by atoms with Gasteiger partial charge in [0, 0.05) is 30.8 Å². The number of para-hydroxylation sites is 1. The highest BCUT2D eigenvalue weighted by molar-refractivity contribution is 7.89. The van der Waals surface area contributed by atoms with Gasteiger partial charge in [-0.1, -0.05) is 18.2 Å².